The summed E-state index contributed by atoms with van der Waals surface area (Å²) in [5.74, 6) is 0.336. The maximum Gasteiger partial charge on any atom is 0.261 e. The lowest BCUT2D eigenvalue weighted by Crippen LogP contribution is -2.18. The fourth-order valence-electron chi connectivity index (χ4n) is 1.72. The molecule has 0 radical (unpaired) electrons. The normalized spacial score (nSPS) is 10.7. The van der Waals surface area contributed by atoms with Crippen molar-refractivity contribution in [2.24, 2.45) is 0 Å². The molecule has 1 amide bonds. The molecular weight excluding hydrogens is 288 g/mol. The summed E-state index contributed by atoms with van der Waals surface area (Å²) in [4.78, 5) is 21.6. The van der Waals surface area contributed by atoms with Crippen molar-refractivity contribution in [3.8, 4) is 0 Å². The van der Waals surface area contributed by atoms with Crippen LogP contribution in [0, 0.1) is 0 Å². The third kappa shape index (κ3) is 4.24. The minimum absolute atomic E-state index is 0.194. The Morgan fingerprint density at radius 1 is 1.43 bits per heavy atom. The summed E-state index contributed by atoms with van der Waals surface area (Å²) >= 11 is 1.39. The summed E-state index contributed by atoms with van der Waals surface area (Å²) in [6.45, 7) is 4.48. The van der Waals surface area contributed by atoms with Gasteiger partial charge in [-0.15, -0.1) is 0 Å². The maximum absolute atomic E-state index is 12.3. The van der Waals surface area contributed by atoms with Crippen LogP contribution in [0.4, 0.5) is 10.9 Å². The number of anilines is 2. The van der Waals surface area contributed by atoms with Gasteiger partial charge in [0.1, 0.15) is 5.82 Å². The van der Waals surface area contributed by atoms with Crippen molar-refractivity contribution in [1.29, 1.82) is 0 Å². The predicted molar refractivity (Wildman–Crippen MR) is 83.8 cm³/mol. The quantitative estimate of drug-likeness (QED) is 0.858. The second kappa shape index (κ2) is 7.14. The Bertz CT molecular complexity index is 613. The fraction of sp³-hybridized carbons (Fsp3) is 0.357. The summed E-state index contributed by atoms with van der Waals surface area (Å²) in [7, 11) is 1.62. The number of aromatic nitrogens is 2. The first-order valence-electron chi connectivity index (χ1n) is 6.56. The van der Waals surface area contributed by atoms with Crippen LogP contribution in [-0.4, -0.2) is 29.0 Å². The van der Waals surface area contributed by atoms with E-state index in [0.29, 0.717) is 23.1 Å². The molecule has 2 rings (SSSR count). The van der Waals surface area contributed by atoms with E-state index in [1.54, 1.807) is 31.6 Å². The van der Waals surface area contributed by atoms with Crippen LogP contribution in [0.1, 0.15) is 29.1 Å². The van der Waals surface area contributed by atoms with Crippen molar-refractivity contribution in [2.75, 3.05) is 17.7 Å². The fourth-order valence-corrected chi connectivity index (χ4v) is 2.50. The lowest BCUT2D eigenvalue weighted by molar-refractivity contribution is 0.102. The highest BCUT2D eigenvalue weighted by molar-refractivity contribution is 7.15. The standard InChI is InChI=1S/C14H18N4O2S/c1-9(2)17-12-11(5-4-6-15-12)13(19)18-14-16-7-10(21-14)8-20-3/h4-7,9H,8H2,1-3H3,(H,15,17)(H,16,18,19). The van der Waals surface area contributed by atoms with Gasteiger partial charge in [0.15, 0.2) is 5.13 Å². The van der Waals surface area contributed by atoms with Crippen molar-refractivity contribution < 1.29 is 9.53 Å². The topological polar surface area (TPSA) is 76.1 Å². The van der Waals surface area contributed by atoms with E-state index in [-0.39, 0.29) is 11.9 Å². The van der Waals surface area contributed by atoms with Gasteiger partial charge in [-0.1, -0.05) is 11.3 Å². The molecule has 0 saturated carbocycles. The summed E-state index contributed by atoms with van der Waals surface area (Å²) in [6.07, 6.45) is 3.35. The van der Waals surface area contributed by atoms with Gasteiger partial charge in [-0.05, 0) is 26.0 Å². The van der Waals surface area contributed by atoms with Crippen LogP contribution in [0.15, 0.2) is 24.5 Å². The summed E-state index contributed by atoms with van der Waals surface area (Å²) in [6, 6.07) is 3.66. The van der Waals surface area contributed by atoms with Gasteiger partial charge in [-0.25, -0.2) is 9.97 Å². The third-order valence-corrected chi connectivity index (χ3v) is 3.42. The molecule has 0 spiro atoms. The molecule has 0 aliphatic rings. The van der Waals surface area contributed by atoms with Gasteiger partial charge >= 0.3 is 0 Å². The van der Waals surface area contributed by atoms with Gasteiger partial charge in [0.25, 0.3) is 5.91 Å². The van der Waals surface area contributed by atoms with E-state index in [0.717, 1.165) is 4.88 Å². The maximum atomic E-state index is 12.3. The van der Waals surface area contributed by atoms with Gasteiger partial charge in [-0.2, -0.15) is 0 Å². The molecule has 0 fully saturated rings. The minimum atomic E-state index is -0.232. The number of rotatable bonds is 6. The molecule has 21 heavy (non-hydrogen) atoms. The van der Waals surface area contributed by atoms with Crippen LogP contribution in [0.3, 0.4) is 0 Å². The van der Waals surface area contributed by atoms with Crippen molar-refractivity contribution in [3.63, 3.8) is 0 Å². The van der Waals surface area contributed by atoms with Gasteiger partial charge < -0.3 is 10.1 Å². The first-order chi connectivity index (χ1) is 10.1. The van der Waals surface area contributed by atoms with Gasteiger partial charge in [0.2, 0.25) is 0 Å². The van der Waals surface area contributed by atoms with E-state index in [4.69, 9.17) is 4.74 Å². The molecule has 2 heterocycles. The zero-order valence-electron chi connectivity index (χ0n) is 12.2. The monoisotopic (exact) mass is 306 g/mol. The average molecular weight is 306 g/mol. The molecule has 0 aromatic carbocycles. The van der Waals surface area contributed by atoms with E-state index in [9.17, 15) is 4.79 Å². The number of amides is 1. The van der Waals surface area contributed by atoms with Crippen molar-refractivity contribution in [3.05, 3.63) is 35.0 Å². The summed E-state index contributed by atoms with van der Waals surface area (Å²) in [5, 5.41) is 6.49. The Hall–Kier alpha value is -1.99. The molecule has 6 nitrogen and oxygen atoms in total. The number of nitrogens with zero attached hydrogens (tertiary/aromatic N) is 2. The first-order valence-corrected chi connectivity index (χ1v) is 7.38. The number of ether oxygens (including phenoxy) is 1. The Morgan fingerprint density at radius 2 is 2.24 bits per heavy atom. The number of methoxy groups -OCH3 is 1. The lowest BCUT2D eigenvalue weighted by Gasteiger charge is -2.12. The number of nitrogens with one attached hydrogen (secondary N) is 2. The summed E-state index contributed by atoms with van der Waals surface area (Å²) < 4.78 is 5.03. The highest BCUT2D eigenvalue weighted by atomic mass is 32.1. The Labute approximate surface area is 127 Å². The number of hydrogen-bond donors (Lipinski definition) is 2. The Morgan fingerprint density at radius 3 is 2.95 bits per heavy atom. The lowest BCUT2D eigenvalue weighted by atomic mass is 10.2. The van der Waals surface area contributed by atoms with Crippen LogP contribution < -0.4 is 10.6 Å². The molecule has 2 aromatic heterocycles. The second-order valence-corrected chi connectivity index (χ2v) is 5.83. The number of pyridine rings is 1. The number of hydrogen-bond acceptors (Lipinski definition) is 6. The number of carbonyl (C=O) groups is 1. The van der Waals surface area contributed by atoms with Gasteiger partial charge in [0, 0.05) is 25.5 Å². The van der Waals surface area contributed by atoms with Crippen LogP contribution >= 0.6 is 11.3 Å². The first kappa shape index (κ1) is 15.4. The molecule has 0 unspecified atom stereocenters. The molecule has 7 heteroatoms. The molecule has 0 atom stereocenters. The van der Waals surface area contributed by atoms with Crippen LogP contribution in [0.2, 0.25) is 0 Å². The van der Waals surface area contributed by atoms with Crippen LogP contribution in [0.5, 0.6) is 0 Å². The highest BCUT2D eigenvalue weighted by Gasteiger charge is 2.14. The largest absolute Gasteiger partial charge is 0.379 e. The molecule has 2 aromatic rings. The molecule has 2 N–H and O–H groups in total. The Kier molecular flexibility index (Phi) is 5.24. The molecule has 0 bridgehead atoms. The minimum Gasteiger partial charge on any atom is -0.379 e. The van der Waals surface area contributed by atoms with Gasteiger partial charge in [-0.3, -0.25) is 10.1 Å². The Balaban J connectivity index is 2.12. The van der Waals surface area contributed by atoms with Crippen molar-refractivity contribution in [2.45, 2.75) is 26.5 Å². The highest BCUT2D eigenvalue weighted by Crippen LogP contribution is 2.21. The third-order valence-electron chi connectivity index (χ3n) is 2.54. The van der Waals surface area contributed by atoms with Gasteiger partial charge in [0.05, 0.1) is 17.0 Å². The van der Waals surface area contributed by atoms with E-state index in [2.05, 4.69) is 20.6 Å². The SMILES string of the molecule is COCc1cnc(NC(=O)c2cccnc2NC(C)C)s1. The summed E-state index contributed by atoms with van der Waals surface area (Å²) in [5.41, 5.74) is 0.495. The van der Waals surface area contributed by atoms with Crippen LogP contribution in [-0.2, 0) is 11.3 Å². The zero-order valence-corrected chi connectivity index (χ0v) is 13.0. The smallest absolute Gasteiger partial charge is 0.261 e. The predicted octanol–water partition coefficient (Wildman–Crippen LogP) is 2.76. The second-order valence-electron chi connectivity index (χ2n) is 4.72. The van der Waals surface area contributed by atoms with E-state index in [1.165, 1.54) is 11.3 Å². The van der Waals surface area contributed by atoms with E-state index in [1.807, 2.05) is 13.8 Å². The number of thiazole rings is 1. The zero-order chi connectivity index (χ0) is 15.2. The van der Waals surface area contributed by atoms with Crippen molar-refractivity contribution in [1.82, 2.24) is 9.97 Å². The van der Waals surface area contributed by atoms with Crippen LogP contribution in [0.25, 0.3) is 0 Å². The molecule has 0 aliphatic carbocycles. The molecule has 0 saturated heterocycles. The molecule has 0 aliphatic heterocycles. The average Bonchev–Trinajstić information content (AvgIpc) is 2.86. The number of carbonyl (C=O) groups excluding carboxylic acids is 1. The molecular formula is C14H18N4O2S. The van der Waals surface area contributed by atoms with E-state index >= 15 is 0 Å². The molecule has 112 valence electrons. The van der Waals surface area contributed by atoms with Crippen molar-refractivity contribution >= 4 is 28.2 Å². The van der Waals surface area contributed by atoms with E-state index < -0.39 is 0 Å².